The third kappa shape index (κ3) is 5.70. The Morgan fingerprint density at radius 3 is 1.56 bits per heavy atom. The lowest BCUT2D eigenvalue weighted by atomic mass is 9.75. The molecule has 14 heteroatoms. The van der Waals surface area contributed by atoms with Gasteiger partial charge in [0, 0.05) is 21.5 Å². The summed E-state index contributed by atoms with van der Waals surface area (Å²) in [6.07, 6.45) is 0. The van der Waals surface area contributed by atoms with Crippen molar-refractivity contribution in [2.45, 2.75) is 117 Å². The maximum absolute atomic E-state index is 7.68. The first-order valence-corrected chi connectivity index (χ1v) is 30.7. The van der Waals surface area contributed by atoms with E-state index in [4.69, 9.17) is 32.9 Å². The molecule has 1 unspecified atom stereocenters. The molecule has 0 amide bonds. The smallest absolute Gasteiger partial charge is 0.568 e. The van der Waals surface area contributed by atoms with Gasteiger partial charge in [-0.25, -0.2) is 4.99 Å². The van der Waals surface area contributed by atoms with Gasteiger partial charge < -0.3 is 31.4 Å². The molecular formula is C48H59BN6O4Si3. The summed E-state index contributed by atoms with van der Waals surface area (Å²) in [7, 11) is -6.54. The Hall–Kier alpha value is -5.18. The van der Waals surface area contributed by atoms with E-state index in [0.717, 1.165) is 90.0 Å². The van der Waals surface area contributed by atoms with Gasteiger partial charge in [0.2, 0.25) is 36.6 Å². The molecule has 4 aliphatic heterocycles. The monoisotopic (exact) mass is 878 g/mol. The maximum atomic E-state index is 7.68. The lowest BCUT2D eigenvalue weighted by molar-refractivity contribution is -0.291. The van der Waals surface area contributed by atoms with E-state index >= 15 is 0 Å². The lowest BCUT2D eigenvalue weighted by Gasteiger charge is -2.47. The molecule has 6 heterocycles. The second-order valence-electron chi connectivity index (χ2n) is 22.2. The fourth-order valence-electron chi connectivity index (χ4n) is 8.45. The van der Waals surface area contributed by atoms with E-state index in [2.05, 4.69) is 170 Å². The number of hydrogen-bond donors (Lipinski definition) is 0. The second kappa shape index (κ2) is 12.7. The summed E-state index contributed by atoms with van der Waals surface area (Å²) in [5.41, 5.74) is 3.48. The molecule has 4 aromatic carbocycles. The molecule has 0 spiro atoms. The Morgan fingerprint density at radius 2 is 0.984 bits per heavy atom. The molecule has 1 atom stereocenters. The highest BCUT2D eigenvalue weighted by atomic mass is 28.4. The number of amidine groups is 2. The summed E-state index contributed by atoms with van der Waals surface area (Å²) in [6, 6.07) is 29.4. The van der Waals surface area contributed by atoms with Crippen molar-refractivity contribution in [3.63, 3.8) is 0 Å². The zero-order chi connectivity index (χ0) is 44.3. The van der Waals surface area contributed by atoms with Gasteiger partial charge in [-0.05, 0) is 121 Å². The molecule has 320 valence electrons. The van der Waals surface area contributed by atoms with Crippen LogP contribution in [0.5, 0.6) is 23.0 Å². The largest absolute Gasteiger partial charge is 0.648 e. The van der Waals surface area contributed by atoms with Crippen molar-refractivity contribution in [3.8, 4) is 23.0 Å². The summed E-state index contributed by atoms with van der Waals surface area (Å²) in [5, 5.41) is 3.94. The minimum Gasteiger partial charge on any atom is -0.648 e. The Kier molecular flexibility index (Phi) is 8.38. The first-order chi connectivity index (χ1) is 28.8. The minimum atomic E-state index is -2.44. The van der Waals surface area contributed by atoms with E-state index in [9.17, 15) is 0 Å². The van der Waals surface area contributed by atoms with E-state index in [1.54, 1.807) is 0 Å². The predicted molar refractivity (Wildman–Crippen MR) is 260 cm³/mol. The molecule has 0 fully saturated rings. The number of fused-ring (bicyclic) bond motifs is 9. The van der Waals surface area contributed by atoms with Gasteiger partial charge in [-0.15, -0.1) is 0 Å². The molecule has 0 saturated carbocycles. The van der Waals surface area contributed by atoms with Gasteiger partial charge in [-0.1, -0.05) is 90.5 Å². The minimum absolute atomic E-state index is 0.0235. The van der Waals surface area contributed by atoms with Crippen molar-refractivity contribution in [1.82, 2.24) is 8.96 Å². The third-order valence-corrected chi connectivity index (χ3v) is 28.1. The number of benzene rings is 4. The van der Waals surface area contributed by atoms with E-state index < -0.39 is 31.7 Å². The van der Waals surface area contributed by atoms with Crippen molar-refractivity contribution in [3.05, 3.63) is 107 Å². The van der Waals surface area contributed by atoms with E-state index in [1.165, 1.54) is 0 Å². The Labute approximate surface area is 368 Å². The van der Waals surface area contributed by atoms with Crippen molar-refractivity contribution < 1.29 is 22.4 Å². The summed E-state index contributed by atoms with van der Waals surface area (Å²) in [5.74, 6) is 6.33. The van der Waals surface area contributed by atoms with Crippen LogP contribution < -0.4 is 28.9 Å². The molecule has 0 radical (unpaired) electrons. The molecular weight excluding hydrogens is 820 g/mol. The van der Waals surface area contributed by atoms with Gasteiger partial charge in [-0.3, -0.25) is 0 Å². The predicted octanol–water partition coefficient (Wildman–Crippen LogP) is 11.4. The zero-order valence-electron chi connectivity index (χ0n) is 39.0. The van der Waals surface area contributed by atoms with Crippen LogP contribution in [0.2, 0.25) is 54.4 Å². The average molecular weight is 879 g/mol. The Balaban J connectivity index is 1.32. The van der Waals surface area contributed by atoms with Crippen LogP contribution in [0.25, 0.3) is 21.5 Å². The number of rotatable bonds is 8. The van der Waals surface area contributed by atoms with Crippen LogP contribution in [-0.4, -0.2) is 56.8 Å². The van der Waals surface area contributed by atoms with Gasteiger partial charge in [0.1, 0.15) is 28.6 Å². The summed E-state index contributed by atoms with van der Waals surface area (Å²) < 4.78 is 35.3. The quantitative estimate of drug-likeness (QED) is 0.143. The van der Waals surface area contributed by atoms with Gasteiger partial charge in [0.05, 0.1) is 16.9 Å². The highest BCUT2D eigenvalue weighted by molar-refractivity contribution is 6.75. The second-order valence-corrected chi connectivity index (χ2v) is 36.4. The van der Waals surface area contributed by atoms with Crippen LogP contribution in [0.1, 0.15) is 73.4 Å². The van der Waals surface area contributed by atoms with E-state index in [1.807, 2.05) is 30.3 Å². The van der Waals surface area contributed by atoms with Crippen LogP contribution in [-0.2, 0) is 0 Å². The number of nitrogens with zero attached hydrogens (tertiary/aromatic N) is 6. The number of hydrogen-bond acceptors (Lipinski definition) is 7. The molecule has 62 heavy (non-hydrogen) atoms. The van der Waals surface area contributed by atoms with Crippen LogP contribution in [0.4, 0.5) is 11.6 Å². The van der Waals surface area contributed by atoms with Crippen molar-refractivity contribution in [2.75, 3.05) is 0 Å². The van der Waals surface area contributed by atoms with Crippen LogP contribution >= 0.6 is 0 Å². The third-order valence-electron chi connectivity index (χ3n) is 15.0. The van der Waals surface area contributed by atoms with Gasteiger partial charge in [0.25, 0.3) is 0 Å². The van der Waals surface area contributed by atoms with Gasteiger partial charge in [0.15, 0.2) is 11.3 Å². The van der Waals surface area contributed by atoms with Crippen LogP contribution in [0.3, 0.4) is 0 Å². The topological polar surface area (TPSA) is 86.9 Å². The summed E-state index contributed by atoms with van der Waals surface area (Å²) in [4.78, 5) is 16.9. The molecule has 4 aliphatic rings. The fraction of sp³-hybridized carbons (Fsp3) is 0.375. The van der Waals surface area contributed by atoms with Crippen LogP contribution in [0, 0.1) is 0 Å². The highest BCUT2D eigenvalue weighted by Crippen LogP contribution is 2.49. The molecule has 10 rings (SSSR count). The average Bonchev–Trinajstić information content (AvgIpc) is 3.77. The SMILES string of the molecule is CC(C)(C)[Si](C)(C)Oc1ccc2c(c1)C1=Nc3c4ccc(O[Si](C)(C)C(C)(C)C)cc4c4n3[B-]3(Oc5ccccc5)n5c(c6cc(O[Si](C)(C)C(C)(C)C)ccc6c5=N4)=NC2=[N+]13. The number of aliphatic imine (C=N–C) groups is 1. The standard InChI is InChI=1S/C48H59BN6O4Si3/c1-46(2,3)60(10,11)57-31-21-24-34-37(27-31)43-50-41-35-25-22-32(58-61(12,13)47(4,5)6)28-38(35)45-52-42-36-26-23-33(59-62(14,15)48(7,8)9)29-39(36)44-51-40(34)53(43)49(54(41)45,55(42)44)56-30-19-17-16-18-20-30/h16-29H,1-15H3. The lowest BCUT2D eigenvalue weighted by Crippen LogP contribution is -2.75. The van der Waals surface area contributed by atoms with Gasteiger partial charge in [-0.2, -0.15) is 0 Å². The van der Waals surface area contributed by atoms with Crippen molar-refractivity contribution in [1.29, 1.82) is 0 Å². The van der Waals surface area contributed by atoms with E-state index in [0.29, 0.717) is 0 Å². The molecule has 0 aliphatic carbocycles. The first-order valence-electron chi connectivity index (χ1n) is 22.0. The molecule has 0 N–H and O–H groups in total. The highest BCUT2D eigenvalue weighted by Gasteiger charge is 2.59. The van der Waals surface area contributed by atoms with Crippen molar-refractivity contribution in [2.24, 2.45) is 15.0 Å². The van der Waals surface area contributed by atoms with Crippen LogP contribution in [0.15, 0.2) is 99.9 Å². The maximum Gasteiger partial charge on any atom is 0.568 e. The van der Waals surface area contributed by atoms with Crippen molar-refractivity contribution >= 4 is 76.6 Å². The summed E-state index contributed by atoms with van der Waals surface area (Å²) in [6.45, 7) is 31.7. The number of para-hydroxylation sites is 1. The number of aromatic nitrogens is 2. The molecule has 0 saturated heterocycles. The first kappa shape index (κ1) is 40.9. The molecule has 10 nitrogen and oxygen atoms in total. The molecule has 6 aromatic rings. The van der Waals surface area contributed by atoms with E-state index in [-0.39, 0.29) is 15.1 Å². The Morgan fingerprint density at radius 1 is 0.484 bits per heavy atom. The fourth-order valence-corrected chi connectivity index (χ4v) is 11.5. The molecule has 0 bridgehead atoms. The molecule has 2 aromatic heterocycles. The van der Waals surface area contributed by atoms with Gasteiger partial charge >= 0.3 is 6.75 Å². The zero-order valence-corrected chi connectivity index (χ0v) is 42.0. The normalized spacial score (nSPS) is 18.0. The Bertz CT molecular complexity index is 3130. The summed E-state index contributed by atoms with van der Waals surface area (Å²) >= 11 is 0.